The first kappa shape index (κ1) is 19.9. The van der Waals surface area contributed by atoms with Crippen LogP contribution in [0.3, 0.4) is 0 Å². The van der Waals surface area contributed by atoms with Gasteiger partial charge in [-0.1, -0.05) is 0 Å². The molecule has 148 valence electrons. The van der Waals surface area contributed by atoms with Crippen molar-refractivity contribution in [2.45, 2.75) is 25.7 Å². The highest BCUT2D eigenvalue weighted by atomic mass is 19.1. The van der Waals surface area contributed by atoms with Crippen molar-refractivity contribution in [1.29, 1.82) is 0 Å². The highest BCUT2D eigenvalue weighted by molar-refractivity contribution is 5.94. The number of anilines is 3. The van der Waals surface area contributed by atoms with Gasteiger partial charge in [0.2, 0.25) is 11.8 Å². The SMILES string of the molecule is CN(C)c1ccc(NC(=O)C2CCC(C(=O)Nc3ccc(F)cc3)CC2)cc1. The van der Waals surface area contributed by atoms with Gasteiger partial charge in [0.25, 0.3) is 0 Å². The molecular formula is C22H26FN3O2. The lowest BCUT2D eigenvalue weighted by molar-refractivity contribution is -0.125. The Morgan fingerprint density at radius 3 is 1.57 bits per heavy atom. The molecule has 0 bridgehead atoms. The van der Waals surface area contributed by atoms with Gasteiger partial charge in [-0.2, -0.15) is 0 Å². The molecule has 0 heterocycles. The molecule has 3 rings (SSSR count). The van der Waals surface area contributed by atoms with Crippen LogP contribution in [0.1, 0.15) is 25.7 Å². The van der Waals surface area contributed by atoms with Gasteiger partial charge >= 0.3 is 0 Å². The maximum atomic E-state index is 13.0. The predicted octanol–water partition coefficient (Wildman–Crippen LogP) is 4.28. The number of rotatable bonds is 5. The number of amides is 2. The van der Waals surface area contributed by atoms with Crippen LogP contribution >= 0.6 is 0 Å². The fourth-order valence-corrected chi connectivity index (χ4v) is 3.48. The quantitative estimate of drug-likeness (QED) is 0.810. The molecule has 1 aliphatic rings. The van der Waals surface area contributed by atoms with Crippen molar-refractivity contribution < 1.29 is 14.0 Å². The predicted molar refractivity (Wildman–Crippen MR) is 110 cm³/mol. The molecule has 2 aromatic rings. The molecule has 0 aliphatic heterocycles. The van der Waals surface area contributed by atoms with Crippen molar-refractivity contribution in [3.8, 4) is 0 Å². The third-order valence-corrected chi connectivity index (χ3v) is 5.23. The smallest absolute Gasteiger partial charge is 0.227 e. The molecule has 2 N–H and O–H groups in total. The number of nitrogens with one attached hydrogen (secondary N) is 2. The third-order valence-electron chi connectivity index (χ3n) is 5.23. The van der Waals surface area contributed by atoms with E-state index in [2.05, 4.69) is 10.6 Å². The number of benzene rings is 2. The Morgan fingerprint density at radius 1 is 0.786 bits per heavy atom. The Labute approximate surface area is 164 Å². The number of nitrogens with zero attached hydrogens (tertiary/aromatic N) is 1. The summed E-state index contributed by atoms with van der Waals surface area (Å²) < 4.78 is 13.0. The van der Waals surface area contributed by atoms with Crippen molar-refractivity contribution in [3.05, 3.63) is 54.3 Å². The summed E-state index contributed by atoms with van der Waals surface area (Å²) in [5.41, 5.74) is 2.45. The zero-order chi connectivity index (χ0) is 20.1. The Morgan fingerprint density at radius 2 is 1.18 bits per heavy atom. The molecule has 5 nitrogen and oxygen atoms in total. The molecule has 0 spiro atoms. The monoisotopic (exact) mass is 383 g/mol. The highest BCUT2D eigenvalue weighted by Crippen LogP contribution is 2.31. The van der Waals surface area contributed by atoms with Gasteiger partial charge in [0, 0.05) is 43.0 Å². The summed E-state index contributed by atoms with van der Waals surface area (Å²) in [5, 5.41) is 5.80. The van der Waals surface area contributed by atoms with E-state index in [4.69, 9.17) is 0 Å². The van der Waals surface area contributed by atoms with E-state index in [-0.39, 0.29) is 29.5 Å². The maximum absolute atomic E-state index is 13.0. The fourth-order valence-electron chi connectivity index (χ4n) is 3.48. The Bertz CT molecular complexity index is 811. The van der Waals surface area contributed by atoms with Gasteiger partial charge < -0.3 is 15.5 Å². The van der Waals surface area contributed by atoms with Crippen molar-refractivity contribution >= 4 is 28.9 Å². The van der Waals surface area contributed by atoms with Crippen LogP contribution in [0.25, 0.3) is 0 Å². The summed E-state index contributed by atoms with van der Waals surface area (Å²) in [6.45, 7) is 0. The second-order valence-corrected chi connectivity index (χ2v) is 7.48. The summed E-state index contributed by atoms with van der Waals surface area (Å²) in [6, 6.07) is 13.5. The average Bonchev–Trinajstić information content (AvgIpc) is 2.70. The summed E-state index contributed by atoms with van der Waals surface area (Å²) in [5.74, 6) is -0.586. The molecule has 0 unspecified atom stereocenters. The van der Waals surface area contributed by atoms with E-state index in [1.807, 2.05) is 43.3 Å². The van der Waals surface area contributed by atoms with Crippen LogP contribution in [0.4, 0.5) is 21.5 Å². The van der Waals surface area contributed by atoms with E-state index in [1.54, 1.807) is 12.1 Å². The van der Waals surface area contributed by atoms with E-state index >= 15 is 0 Å². The van der Waals surface area contributed by atoms with Crippen molar-refractivity contribution in [1.82, 2.24) is 0 Å². The third kappa shape index (κ3) is 5.09. The maximum Gasteiger partial charge on any atom is 0.227 e. The van der Waals surface area contributed by atoms with Gasteiger partial charge in [-0.15, -0.1) is 0 Å². The fraction of sp³-hybridized carbons (Fsp3) is 0.364. The van der Waals surface area contributed by atoms with Crippen LogP contribution < -0.4 is 15.5 Å². The van der Waals surface area contributed by atoms with Crippen LogP contribution in [-0.4, -0.2) is 25.9 Å². The normalized spacial score (nSPS) is 19.0. The zero-order valence-electron chi connectivity index (χ0n) is 16.2. The Balaban J connectivity index is 1.48. The molecule has 28 heavy (non-hydrogen) atoms. The summed E-state index contributed by atoms with van der Waals surface area (Å²) >= 11 is 0. The topological polar surface area (TPSA) is 61.4 Å². The molecule has 1 saturated carbocycles. The number of hydrogen-bond acceptors (Lipinski definition) is 3. The van der Waals surface area contributed by atoms with Gasteiger partial charge in [0.1, 0.15) is 5.82 Å². The second kappa shape index (κ2) is 8.87. The minimum atomic E-state index is -0.333. The van der Waals surface area contributed by atoms with E-state index < -0.39 is 0 Å². The standard InChI is InChI=1S/C22H26FN3O2/c1-26(2)20-13-11-19(12-14-20)25-22(28)16-5-3-15(4-6-16)21(27)24-18-9-7-17(23)8-10-18/h7-16H,3-6H2,1-2H3,(H,24,27)(H,25,28). The van der Waals surface area contributed by atoms with Crippen molar-refractivity contribution in [2.24, 2.45) is 11.8 Å². The number of carbonyl (C=O) groups excluding carboxylic acids is 2. The van der Waals surface area contributed by atoms with E-state index in [0.717, 1.165) is 11.4 Å². The number of halogens is 1. The van der Waals surface area contributed by atoms with Crippen LogP contribution in [0, 0.1) is 17.7 Å². The van der Waals surface area contributed by atoms with Crippen LogP contribution in [0.15, 0.2) is 48.5 Å². The minimum absolute atomic E-state index is 0.00926. The number of hydrogen-bond donors (Lipinski definition) is 2. The van der Waals surface area contributed by atoms with Gasteiger partial charge in [-0.3, -0.25) is 9.59 Å². The second-order valence-electron chi connectivity index (χ2n) is 7.48. The van der Waals surface area contributed by atoms with Crippen molar-refractivity contribution in [2.75, 3.05) is 29.6 Å². The summed E-state index contributed by atoms with van der Waals surface area (Å²) in [4.78, 5) is 26.9. The van der Waals surface area contributed by atoms with Crippen LogP contribution in [-0.2, 0) is 9.59 Å². The lowest BCUT2D eigenvalue weighted by Gasteiger charge is -2.27. The largest absolute Gasteiger partial charge is 0.378 e. The molecule has 0 aromatic heterocycles. The van der Waals surface area contributed by atoms with Crippen LogP contribution in [0.2, 0.25) is 0 Å². The van der Waals surface area contributed by atoms with E-state index in [0.29, 0.717) is 31.4 Å². The van der Waals surface area contributed by atoms with Crippen molar-refractivity contribution in [3.63, 3.8) is 0 Å². The van der Waals surface area contributed by atoms with E-state index in [1.165, 1.54) is 12.1 Å². The van der Waals surface area contributed by atoms with E-state index in [9.17, 15) is 14.0 Å². The Kier molecular flexibility index (Phi) is 6.29. The summed E-state index contributed by atoms with van der Waals surface area (Å²) in [7, 11) is 3.94. The average molecular weight is 383 g/mol. The number of carbonyl (C=O) groups is 2. The molecule has 0 radical (unpaired) electrons. The lowest BCUT2D eigenvalue weighted by atomic mass is 9.81. The molecule has 0 saturated heterocycles. The first-order valence-corrected chi connectivity index (χ1v) is 9.57. The summed E-state index contributed by atoms with van der Waals surface area (Å²) in [6.07, 6.45) is 2.71. The molecule has 6 heteroatoms. The molecule has 1 fully saturated rings. The van der Waals surface area contributed by atoms with Gasteiger partial charge in [-0.25, -0.2) is 4.39 Å². The molecule has 2 amide bonds. The molecule has 2 aromatic carbocycles. The molecule has 1 aliphatic carbocycles. The highest BCUT2D eigenvalue weighted by Gasteiger charge is 2.30. The molecule has 0 atom stereocenters. The Hall–Kier alpha value is -2.89. The van der Waals surface area contributed by atoms with Gasteiger partial charge in [0.05, 0.1) is 0 Å². The first-order chi connectivity index (χ1) is 13.4. The lowest BCUT2D eigenvalue weighted by Crippen LogP contribution is -2.32. The van der Waals surface area contributed by atoms with Gasteiger partial charge in [-0.05, 0) is 74.2 Å². The first-order valence-electron chi connectivity index (χ1n) is 9.57. The van der Waals surface area contributed by atoms with Crippen LogP contribution in [0.5, 0.6) is 0 Å². The zero-order valence-corrected chi connectivity index (χ0v) is 16.2. The molecular weight excluding hydrogens is 357 g/mol. The van der Waals surface area contributed by atoms with Gasteiger partial charge in [0.15, 0.2) is 0 Å². The minimum Gasteiger partial charge on any atom is -0.378 e.